The number of allylic oxidation sites excluding steroid dienone is 2. The molecule has 4 fully saturated rings. The molecule has 0 aromatic heterocycles. The van der Waals surface area contributed by atoms with Crippen molar-refractivity contribution in [1.29, 1.82) is 0 Å². The molecule has 0 unspecified atom stereocenters. The number of amides is 2. The molecule has 3 saturated carbocycles. The van der Waals surface area contributed by atoms with Gasteiger partial charge in [-0.2, -0.15) is 0 Å². The number of nitrogens with zero attached hydrogens (tertiary/aromatic N) is 1. The first-order valence-electron chi connectivity index (χ1n) is 13.9. The molecule has 5 heteroatoms. The van der Waals surface area contributed by atoms with Gasteiger partial charge in [0.05, 0.1) is 18.4 Å². The molecule has 36 heavy (non-hydrogen) atoms. The molecule has 0 N–H and O–H groups in total. The molecular weight excluding hydrogens is 450 g/mol. The number of hydrogen-bond acceptors (Lipinski definition) is 4. The second kappa shape index (κ2) is 7.79. The van der Waals surface area contributed by atoms with Crippen LogP contribution in [0, 0.1) is 51.8 Å². The van der Waals surface area contributed by atoms with E-state index in [1.165, 1.54) is 5.57 Å². The topological polar surface area (TPSA) is 77.5 Å². The SMILES string of the molecule is CC(C)C1=C[C@@]23CC[C@@H]4[C@](C)(CCC[C@@]4(C)C(=O)[O-])[C@@H]2C[C@@H]1[C@@H]1C(=O)N(Cc2ccccc2)C(=O)[C@@H]13. The van der Waals surface area contributed by atoms with Gasteiger partial charge in [0, 0.05) is 16.8 Å². The molecule has 1 aromatic rings. The first kappa shape index (κ1) is 23.9. The Bertz CT molecular complexity index is 1160. The highest BCUT2D eigenvalue weighted by atomic mass is 16.4. The maximum absolute atomic E-state index is 14.1. The standard InChI is InChI=1S/C31H39NO4/c1-18(2)21-16-31-14-11-22-29(3,12-8-13-30(22,4)28(35)36)23(31)15-20(21)24-25(31)27(34)32(26(24)33)17-19-9-6-5-7-10-19/h5-7,9-10,16,18,20,22-25H,8,11-15,17H2,1-4H3,(H,35,36)/p-1/t20-,22+,23-,24-,25+,29-,30+,31-/m0/s1. The van der Waals surface area contributed by atoms with Crippen molar-refractivity contribution in [3.05, 3.63) is 47.5 Å². The van der Waals surface area contributed by atoms with Crippen molar-refractivity contribution in [1.82, 2.24) is 4.90 Å². The van der Waals surface area contributed by atoms with Gasteiger partial charge in [-0.15, -0.1) is 0 Å². The van der Waals surface area contributed by atoms with E-state index in [9.17, 15) is 19.5 Å². The minimum absolute atomic E-state index is 0.00146. The lowest BCUT2D eigenvalue weighted by Gasteiger charge is -2.69. The second-order valence-electron chi connectivity index (χ2n) is 13.2. The van der Waals surface area contributed by atoms with Gasteiger partial charge in [-0.3, -0.25) is 14.5 Å². The van der Waals surface area contributed by atoms with E-state index in [-0.39, 0.29) is 52.2 Å². The molecular formula is C31H38NO4-. The van der Waals surface area contributed by atoms with E-state index in [1.54, 1.807) is 4.90 Å². The van der Waals surface area contributed by atoms with Gasteiger partial charge in [0.25, 0.3) is 0 Å². The smallest absolute Gasteiger partial charge is 0.234 e. The van der Waals surface area contributed by atoms with Crippen molar-refractivity contribution in [3.8, 4) is 0 Å². The highest BCUT2D eigenvalue weighted by molar-refractivity contribution is 6.06. The van der Waals surface area contributed by atoms with Gasteiger partial charge in [0.15, 0.2) is 0 Å². The van der Waals surface area contributed by atoms with E-state index >= 15 is 0 Å². The summed E-state index contributed by atoms with van der Waals surface area (Å²) in [5, 5.41) is 12.4. The second-order valence-corrected chi connectivity index (χ2v) is 13.2. The molecule has 2 bridgehead atoms. The van der Waals surface area contributed by atoms with E-state index in [4.69, 9.17) is 0 Å². The van der Waals surface area contributed by atoms with Crippen LogP contribution in [0.5, 0.6) is 0 Å². The van der Waals surface area contributed by atoms with Crippen LogP contribution in [0.1, 0.15) is 71.8 Å². The molecule has 1 spiro atoms. The third-order valence-corrected chi connectivity index (χ3v) is 11.4. The molecule has 7 rings (SSSR count). The predicted octanol–water partition coefficient (Wildman–Crippen LogP) is 4.36. The summed E-state index contributed by atoms with van der Waals surface area (Å²) in [6.45, 7) is 8.94. The van der Waals surface area contributed by atoms with Gasteiger partial charge in [0.2, 0.25) is 11.8 Å². The number of carboxylic acid groups (broad SMARTS) is 1. The van der Waals surface area contributed by atoms with Gasteiger partial charge in [-0.25, -0.2) is 0 Å². The largest absolute Gasteiger partial charge is 0.550 e. The first-order chi connectivity index (χ1) is 17.0. The molecule has 1 aromatic carbocycles. The Hall–Kier alpha value is -2.43. The van der Waals surface area contributed by atoms with Crippen LogP contribution in [0.25, 0.3) is 0 Å². The molecule has 6 aliphatic rings. The molecule has 2 amide bonds. The third kappa shape index (κ3) is 2.92. The number of fused-ring (bicyclic) bond motifs is 1. The predicted molar refractivity (Wildman–Crippen MR) is 134 cm³/mol. The van der Waals surface area contributed by atoms with Gasteiger partial charge in [0.1, 0.15) is 0 Å². The quantitative estimate of drug-likeness (QED) is 0.466. The Morgan fingerprint density at radius 1 is 1.06 bits per heavy atom. The zero-order valence-electron chi connectivity index (χ0n) is 22.0. The number of rotatable bonds is 4. The number of likely N-dealkylation sites (tertiary alicyclic amines) is 1. The Morgan fingerprint density at radius 3 is 2.44 bits per heavy atom. The van der Waals surface area contributed by atoms with Crippen molar-refractivity contribution in [2.75, 3.05) is 0 Å². The Labute approximate surface area is 214 Å². The van der Waals surface area contributed by atoms with Gasteiger partial charge in [-0.05, 0) is 66.8 Å². The van der Waals surface area contributed by atoms with Crippen molar-refractivity contribution in [2.45, 2.75) is 72.8 Å². The van der Waals surface area contributed by atoms with Crippen LogP contribution in [0.2, 0.25) is 0 Å². The van der Waals surface area contributed by atoms with Crippen LogP contribution in [-0.4, -0.2) is 22.7 Å². The lowest BCUT2D eigenvalue weighted by Crippen LogP contribution is -2.66. The zero-order valence-corrected chi connectivity index (χ0v) is 22.0. The maximum atomic E-state index is 14.1. The van der Waals surface area contributed by atoms with E-state index in [1.807, 2.05) is 37.3 Å². The van der Waals surface area contributed by atoms with Crippen LogP contribution in [-0.2, 0) is 20.9 Å². The number of aliphatic carboxylic acids is 1. The summed E-state index contributed by atoms with van der Waals surface area (Å²) in [5.41, 5.74) is 0.945. The summed E-state index contributed by atoms with van der Waals surface area (Å²) in [5.74, 6) is -0.902. The number of hydrogen-bond donors (Lipinski definition) is 0. The summed E-state index contributed by atoms with van der Waals surface area (Å²) in [6.07, 6.45) is 7.39. The first-order valence-corrected chi connectivity index (χ1v) is 13.9. The fraction of sp³-hybridized carbons (Fsp3) is 0.645. The minimum atomic E-state index is -0.923. The fourth-order valence-electron chi connectivity index (χ4n) is 9.93. The molecule has 5 aliphatic carbocycles. The summed E-state index contributed by atoms with van der Waals surface area (Å²) < 4.78 is 0. The minimum Gasteiger partial charge on any atom is -0.550 e. The average molecular weight is 489 g/mol. The average Bonchev–Trinajstić information content (AvgIpc) is 3.11. The van der Waals surface area contributed by atoms with E-state index in [0.717, 1.165) is 37.7 Å². The van der Waals surface area contributed by atoms with Crippen LogP contribution in [0.3, 0.4) is 0 Å². The van der Waals surface area contributed by atoms with E-state index < -0.39 is 11.4 Å². The summed E-state index contributed by atoms with van der Waals surface area (Å²) in [4.78, 5) is 42.0. The molecule has 1 saturated heterocycles. The van der Waals surface area contributed by atoms with Crippen molar-refractivity contribution >= 4 is 17.8 Å². The van der Waals surface area contributed by atoms with Gasteiger partial charge >= 0.3 is 0 Å². The number of benzene rings is 1. The number of carbonyl (C=O) groups is 3. The van der Waals surface area contributed by atoms with Crippen molar-refractivity contribution in [3.63, 3.8) is 0 Å². The molecule has 0 radical (unpaired) electrons. The zero-order chi connectivity index (χ0) is 25.6. The normalized spacial score (nSPS) is 43.2. The molecule has 1 aliphatic heterocycles. The molecule has 8 atom stereocenters. The Balaban J connectivity index is 1.45. The van der Waals surface area contributed by atoms with E-state index in [0.29, 0.717) is 18.9 Å². The molecule has 1 heterocycles. The van der Waals surface area contributed by atoms with Gasteiger partial charge in [-0.1, -0.05) is 76.1 Å². The third-order valence-electron chi connectivity index (χ3n) is 11.4. The lowest BCUT2D eigenvalue weighted by atomic mass is 9.34. The Morgan fingerprint density at radius 2 is 1.78 bits per heavy atom. The number of carbonyl (C=O) groups excluding carboxylic acids is 3. The van der Waals surface area contributed by atoms with Crippen LogP contribution in [0.4, 0.5) is 0 Å². The highest BCUT2D eigenvalue weighted by Gasteiger charge is 2.72. The number of imide groups is 1. The summed E-state index contributed by atoms with van der Waals surface area (Å²) in [6, 6.07) is 9.80. The van der Waals surface area contributed by atoms with Gasteiger partial charge < -0.3 is 9.90 Å². The van der Waals surface area contributed by atoms with E-state index in [2.05, 4.69) is 26.8 Å². The van der Waals surface area contributed by atoms with Crippen LogP contribution in [0.15, 0.2) is 42.0 Å². The van der Waals surface area contributed by atoms with Crippen LogP contribution < -0.4 is 5.11 Å². The molecule has 192 valence electrons. The molecule has 5 nitrogen and oxygen atoms in total. The van der Waals surface area contributed by atoms with Crippen molar-refractivity contribution < 1.29 is 19.5 Å². The maximum Gasteiger partial charge on any atom is 0.234 e. The Kier molecular flexibility index (Phi) is 5.18. The van der Waals surface area contributed by atoms with Crippen molar-refractivity contribution in [2.24, 2.45) is 51.8 Å². The summed E-state index contributed by atoms with van der Waals surface area (Å²) >= 11 is 0. The highest BCUT2D eigenvalue weighted by Crippen LogP contribution is 2.74. The van der Waals surface area contributed by atoms with Crippen LogP contribution >= 0.6 is 0 Å². The fourth-order valence-corrected chi connectivity index (χ4v) is 9.93. The number of carboxylic acids is 1. The monoisotopic (exact) mass is 488 g/mol. The lowest BCUT2D eigenvalue weighted by molar-refractivity contribution is -0.328. The summed E-state index contributed by atoms with van der Waals surface area (Å²) in [7, 11) is 0.